The number of unbranched alkanes of at least 4 members (excludes halogenated alkanes) is 1. The summed E-state index contributed by atoms with van der Waals surface area (Å²) in [5, 5.41) is 0. The Hall–Kier alpha value is -0.530. The molecule has 0 aromatic rings. The van der Waals surface area contributed by atoms with Gasteiger partial charge in [0.25, 0.3) is 0 Å². The van der Waals surface area contributed by atoms with E-state index in [1.54, 1.807) is 0 Å². The third-order valence-electron chi connectivity index (χ3n) is 1.55. The van der Waals surface area contributed by atoms with E-state index >= 15 is 0 Å². The van der Waals surface area contributed by atoms with Crippen molar-refractivity contribution in [3.8, 4) is 0 Å². The van der Waals surface area contributed by atoms with Gasteiger partial charge in [0, 0.05) is 6.54 Å². The molecule has 0 heterocycles. The molecule has 0 atom stereocenters. The molecule has 11 heavy (non-hydrogen) atoms. The molecule has 2 nitrogen and oxygen atoms in total. The summed E-state index contributed by atoms with van der Waals surface area (Å²) in [6.45, 7) is 7.23. The fourth-order valence-corrected chi connectivity index (χ4v) is 0.920. The highest BCUT2D eigenvalue weighted by Gasteiger charge is 1.92. The van der Waals surface area contributed by atoms with Crippen molar-refractivity contribution in [2.24, 2.45) is 16.6 Å². The number of nitrogens with two attached hydrogens (primary N) is 1. The first-order chi connectivity index (χ1) is 5.13. The Morgan fingerprint density at radius 2 is 2.00 bits per heavy atom. The topological polar surface area (TPSA) is 38.4 Å². The van der Waals surface area contributed by atoms with Gasteiger partial charge in [0.2, 0.25) is 0 Å². The molecular weight excluding hydrogens is 136 g/mol. The van der Waals surface area contributed by atoms with Gasteiger partial charge in [0.1, 0.15) is 0 Å². The predicted molar refractivity (Wildman–Crippen MR) is 50.9 cm³/mol. The van der Waals surface area contributed by atoms with Crippen molar-refractivity contribution >= 4 is 5.84 Å². The zero-order chi connectivity index (χ0) is 8.69. The smallest absolute Gasteiger partial charge is 0.0905 e. The van der Waals surface area contributed by atoms with Crippen molar-refractivity contribution in [2.75, 3.05) is 6.54 Å². The van der Waals surface area contributed by atoms with E-state index < -0.39 is 0 Å². The van der Waals surface area contributed by atoms with Crippen molar-refractivity contribution < 1.29 is 0 Å². The SMILES string of the molecule is CC(N)=NCCCCC(C)C. The van der Waals surface area contributed by atoms with Gasteiger partial charge in [0.05, 0.1) is 5.84 Å². The number of amidine groups is 1. The first-order valence-corrected chi connectivity index (χ1v) is 4.39. The molecule has 0 aliphatic heterocycles. The fourth-order valence-electron chi connectivity index (χ4n) is 0.920. The van der Waals surface area contributed by atoms with E-state index in [2.05, 4.69) is 18.8 Å². The molecule has 0 amide bonds. The Morgan fingerprint density at radius 3 is 2.45 bits per heavy atom. The number of aliphatic imine (C=N–C) groups is 1. The Balaban J connectivity index is 3.09. The van der Waals surface area contributed by atoms with E-state index in [4.69, 9.17) is 5.73 Å². The molecule has 0 aliphatic carbocycles. The first kappa shape index (κ1) is 10.5. The van der Waals surface area contributed by atoms with Crippen LogP contribution in [-0.2, 0) is 0 Å². The Bertz CT molecular complexity index is 113. The number of rotatable bonds is 5. The monoisotopic (exact) mass is 156 g/mol. The molecular formula is C9H20N2. The van der Waals surface area contributed by atoms with Gasteiger partial charge in [-0.05, 0) is 19.3 Å². The number of hydrogen-bond donors (Lipinski definition) is 1. The second-order valence-electron chi connectivity index (χ2n) is 3.41. The molecule has 0 saturated heterocycles. The van der Waals surface area contributed by atoms with Gasteiger partial charge in [-0.15, -0.1) is 0 Å². The van der Waals surface area contributed by atoms with E-state index in [0.717, 1.165) is 12.5 Å². The van der Waals surface area contributed by atoms with Crippen molar-refractivity contribution in [3.05, 3.63) is 0 Å². The first-order valence-electron chi connectivity index (χ1n) is 4.39. The molecule has 66 valence electrons. The highest BCUT2D eigenvalue weighted by atomic mass is 14.8. The fraction of sp³-hybridized carbons (Fsp3) is 0.889. The van der Waals surface area contributed by atoms with Gasteiger partial charge in [-0.3, -0.25) is 4.99 Å². The minimum absolute atomic E-state index is 0.703. The molecule has 0 saturated carbocycles. The summed E-state index contributed by atoms with van der Waals surface area (Å²) in [5.41, 5.74) is 5.38. The molecule has 0 spiro atoms. The van der Waals surface area contributed by atoms with Crippen LogP contribution >= 0.6 is 0 Å². The van der Waals surface area contributed by atoms with Crippen LogP contribution in [0.4, 0.5) is 0 Å². The molecule has 0 aromatic carbocycles. The molecule has 0 rings (SSSR count). The molecule has 0 fully saturated rings. The number of nitrogens with zero attached hydrogens (tertiary/aromatic N) is 1. The van der Waals surface area contributed by atoms with Gasteiger partial charge < -0.3 is 5.73 Å². The van der Waals surface area contributed by atoms with Crippen LogP contribution in [0.15, 0.2) is 4.99 Å². The summed E-state index contributed by atoms with van der Waals surface area (Å²) in [5.74, 6) is 1.52. The summed E-state index contributed by atoms with van der Waals surface area (Å²) in [6, 6.07) is 0. The van der Waals surface area contributed by atoms with Gasteiger partial charge in [-0.1, -0.05) is 26.7 Å². The van der Waals surface area contributed by atoms with Crippen molar-refractivity contribution in [3.63, 3.8) is 0 Å². The molecule has 0 aromatic heterocycles. The Morgan fingerprint density at radius 1 is 1.36 bits per heavy atom. The minimum Gasteiger partial charge on any atom is -0.388 e. The van der Waals surface area contributed by atoms with Crippen LogP contribution in [0.2, 0.25) is 0 Å². The van der Waals surface area contributed by atoms with Crippen molar-refractivity contribution in [1.82, 2.24) is 0 Å². The van der Waals surface area contributed by atoms with Crippen LogP contribution in [0.3, 0.4) is 0 Å². The molecule has 2 heteroatoms. The summed E-state index contributed by atoms with van der Waals surface area (Å²) in [6.07, 6.45) is 3.75. The summed E-state index contributed by atoms with van der Waals surface area (Å²) < 4.78 is 0. The standard InChI is InChI=1S/C9H20N2/c1-8(2)6-4-5-7-11-9(3)10/h8H,4-7H2,1-3H3,(H2,10,11). The lowest BCUT2D eigenvalue weighted by atomic mass is 10.1. The largest absolute Gasteiger partial charge is 0.388 e. The molecule has 2 N–H and O–H groups in total. The molecule has 0 radical (unpaired) electrons. The van der Waals surface area contributed by atoms with E-state index in [9.17, 15) is 0 Å². The average Bonchev–Trinajstić information content (AvgIpc) is 1.85. The quantitative estimate of drug-likeness (QED) is 0.370. The highest BCUT2D eigenvalue weighted by molar-refractivity contribution is 5.77. The zero-order valence-corrected chi connectivity index (χ0v) is 7.93. The van der Waals surface area contributed by atoms with E-state index in [-0.39, 0.29) is 0 Å². The lowest BCUT2D eigenvalue weighted by Crippen LogP contribution is -2.05. The normalized spacial score (nSPS) is 12.5. The minimum atomic E-state index is 0.703. The Kier molecular flexibility index (Phi) is 5.90. The van der Waals surface area contributed by atoms with Crippen LogP contribution in [0.5, 0.6) is 0 Å². The summed E-state index contributed by atoms with van der Waals surface area (Å²) in [4.78, 5) is 4.12. The third kappa shape index (κ3) is 9.47. The predicted octanol–water partition coefficient (Wildman–Crippen LogP) is 2.19. The van der Waals surface area contributed by atoms with E-state index in [0.29, 0.717) is 5.84 Å². The van der Waals surface area contributed by atoms with Crippen LogP contribution < -0.4 is 5.73 Å². The van der Waals surface area contributed by atoms with Crippen LogP contribution in [0.25, 0.3) is 0 Å². The second kappa shape index (κ2) is 6.20. The van der Waals surface area contributed by atoms with Crippen LogP contribution in [0, 0.1) is 5.92 Å². The average molecular weight is 156 g/mol. The highest BCUT2D eigenvalue weighted by Crippen LogP contribution is 2.05. The van der Waals surface area contributed by atoms with Gasteiger partial charge in [-0.2, -0.15) is 0 Å². The summed E-state index contributed by atoms with van der Waals surface area (Å²) in [7, 11) is 0. The van der Waals surface area contributed by atoms with Gasteiger partial charge in [0.15, 0.2) is 0 Å². The lowest BCUT2D eigenvalue weighted by Gasteiger charge is -2.01. The maximum Gasteiger partial charge on any atom is 0.0905 e. The number of hydrogen-bond acceptors (Lipinski definition) is 1. The molecule has 0 aliphatic rings. The van der Waals surface area contributed by atoms with Crippen molar-refractivity contribution in [1.29, 1.82) is 0 Å². The lowest BCUT2D eigenvalue weighted by molar-refractivity contribution is 0.541. The third-order valence-corrected chi connectivity index (χ3v) is 1.55. The second-order valence-corrected chi connectivity index (χ2v) is 3.41. The van der Waals surface area contributed by atoms with Crippen LogP contribution in [-0.4, -0.2) is 12.4 Å². The van der Waals surface area contributed by atoms with Crippen LogP contribution in [0.1, 0.15) is 40.0 Å². The van der Waals surface area contributed by atoms with E-state index in [1.807, 2.05) is 6.92 Å². The van der Waals surface area contributed by atoms with Crippen molar-refractivity contribution in [2.45, 2.75) is 40.0 Å². The van der Waals surface area contributed by atoms with Gasteiger partial charge >= 0.3 is 0 Å². The maximum atomic E-state index is 5.38. The molecule has 0 bridgehead atoms. The Labute approximate surface area is 69.9 Å². The summed E-state index contributed by atoms with van der Waals surface area (Å²) >= 11 is 0. The van der Waals surface area contributed by atoms with E-state index in [1.165, 1.54) is 19.3 Å². The maximum absolute atomic E-state index is 5.38. The molecule has 0 unspecified atom stereocenters. The zero-order valence-electron chi connectivity index (χ0n) is 7.93. The van der Waals surface area contributed by atoms with Gasteiger partial charge in [-0.25, -0.2) is 0 Å².